The highest BCUT2D eigenvalue weighted by Gasteiger charge is 2.25. The summed E-state index contributed by atoms with van der Waals surface area (Å²) in [6.45, 7) is 2.62. The minimum atomic E-state index is -0.261. The van der Waals surface area contributed by atoms with Gasteiger partial charge in [-0.25, -0.2) is 0 Å². The van der Waals surface area contributed by atoms with Crippen LogP contribution in [0.25, 0.3) is 0 Å². The van der Waals surface area contributed by atoms with Gasteiger partial charge < -0.3 is 14.9 Å². The summed E-state index contributed by atoms with van der Waals surface area (Å²) in [5.41, 5.74) is 0. The first kappa shape index (κ1) is 15.0. The second-order valence-corrected chi connectivity index (χ2v) is 5.42. The molecule has 1 amide bonds. The molecule has 0 spiro atoms. The lowest BCUT2D eigenvalue weighted by atomic mass is 10.1. The minimum Gasteiger partial charge on any atom is -0.393 e. The number of carbonyl (C=O) groups is 1. The monoisotopic (exact) mass is 281 g/mol. The first-order chi connectivity index (χ1) is 9.69. The normalized spacial score (nSPS) is 22.1. The van der Waals surface area contributed by atoms with E-state index in [0.29, 0.717) is 31.1 Å². The zero-order valence-corrected chi connectivity index (χ0v) is 12.0. The van der Waals surface area contributed by atoms with Crippen LogP contribution in [-0.4, -0.2) is 33.8 Å². The summed E-state index contributed by atoms with van der Waals surface area (Å²) < 4.78 is 5.08. The number of aromatic nitrogens is 2. The molecule has 1 aromatic rings. The van der Waals surface area contributed by atoms with Gasteiger partial charge in [0.05, 0.1) is 6.10 Å². The Balaban J connectivity index is 1.66. The van der Waals surface area contributed by atoms with E-state index in [1.807, 2.05) is 0 Å². The third-order valence-corrected chi connectivity index (χ3v) is 3.73. The summed E-state index contributed by atoms with van der Waals surface area (Å²) in [6, 6.07) is 0. The van der Waals surface area contributed by atoms with E-state index in [0.717, 1.165) is 32.1 Å². The van der Waals surface area contributed by atoms with Crippen molar-refractivity contribution in [3.05, 3.63) is 11.7 Å². The zero-order valence-electron chi connectivity index (χ0n) is 12.0. The maximum Gasteiger partial charge on any atom is 0.227 e. The van der Waals surface area contributed by atoms with Crippen LogP contribution in [0.1, 0.15) is 50.7 Å². The average Bonchev–Trinajstić information content (AvgIpc) is 3.04. The standard InChI is InChI=1S/C14H23N3O3/c1-2-4-12-16-14(20-17-12)8-7-13(19)15-9-10-5-3-6-11(10)18/h10-11,18H,2-9H2,1H3,(H,15,19). The van der Waals surface area contributed by atoms with E-state index in [1.165, 1.54) is 0 Å². The molecule has 0 radical (unpaired) electrons. The van der Waals surface area contributed by atoms with Gasteiger partial charge in [0.1, 0.15) is 0 Å². The van der Waals surface area contributed by atoms with E-state index in [-0.39, 0.29) is 17.9 Å². The molecule has 1 saturated carbocycles. The van der Waals surface area contributed by atoms with Crippen molar-refractivity contribution in [1.82, 2.24) is 15.5 Å². The molecule has 0 aliphatic heterocycles. The van der Waals surface area contributed by atoms with Gasteiger partial charge in [-0.2, -0.15) is 4.98 Å². The highest BCUT2D eigenvalue weighted by Crippen LogP contribution is 2.24. The lowest BCUT2D eigenvalue weighted by Crippen LogP contribution is -2.32. The van der Waals surface area contributed by atoms with Crippen molar-refractivity contribution in [3.63, 3.8) is 0 Å². The Morgan fingerprint density at radius 1 is 1.45 bits per heavy atom. The second kappa shape index (κ2) is 7.38. The maximum absolute atomic E-state index is 11.7. The Morgan fingerprint density at radius 2 is 2.30 bits per heavy atom. The van der Waals surface area contributed by atoms with Crippen LogP contribution < -0.4 is 5.32 Å². The van der Waals surface area contributed by atoms with Gasteiger partial charge in [0.25, 0.3) is 0 Å². The van der Waals surface area contributed by atoms with Gasteiger partial charge in [0, 0.05) is 31.7 Å². The SMILES string of the molecule is CCCc1noc(CCC(=O)NCC2CCCC2O)n1. The number of amides is 1. The molecule has 0 saturated heterocycles. The zero-order chi connectivity index (χ0) is 14.4. The third-order valence-electron chi connectivity index (χ3n) is 3.73. The van der Waals surface area contributed by atoms with Gasteiger partial charge >= 0.3 is 0 Å². The van der Waals surface area contributed by atoms with Crippen molar-refractivity contribution in [3.8, 4) is 0 Å². The van der Waals surface area contributed by atoms with Gasteiger partial charge in [0.15, 0.2) is 5.82 Å². The number of nitrogens with one attached hydrogen (secondary N) is 1. The number of nitrogens with zero attached hydrogens (tertiary/aromatic N) is 2. The smallest absolute Gasteiger partial charge is 0.227 e. The lowest BCUT2D eigenvalue weighted by Gasteiger charge is -2.14. The lowest BCUT2D eigenvalue weighted by molar-refractivity contribution is -0.121. The van der Waals surface area contributed by atoms with E-state index in [4.69, 9.17) is 4.52 Å². The van der Waals surface area contributed by atoms with Crippen LogP contribution in [0.15, 0.2) is 4.52 Å². The molecule has 6 heteroatoms. The molecule has 6 nitrogen and oxygen atoms in total. The van der Waals surface area contributed by atoms with E-state index in [9.17, 15) is 9.90 Å². The van der Waals surface area contributed by atoms with E-state index >= 15 is 0 Å². The van der Waals surface area contributed by atoms with Crippen molar-refractivity contribution in [1.29, 1.82) is 0 Å². The topological polar surface area (TPSA) is 88.2 Å². The molecule has 1 fully saturated rings. The van der Waals surface area contributed by atoms with Gasteiger partial charge in [0.2, 0.25) is 11.8 Å². The van der Waals surface area contributed by atoms with Crippen molar-refractivity contribution < 1.29 is 14.4 Å². The number of rotatable bonds is 7. The van der Waals surface area contributed by atoms with E-state index in [2.05, 4.69) is 22.4 Å². The van der Waals surface area contributed by atoms with Crippen molar-refractivity contribution in [2.24, 2.45) is 5.92 Å². The Hall–Kier alpha value is -1.43. The number of hydrogen-bond acceptors (Lipinski definition) is 5. The highest BCUT2D eigenvalue weighted by molar-refractivity contribution is 5.76. The molecule has 2 N–H and O–H groups in total. The molecule has 1 aliphatic carbocycles. The fourth-order valence-corrected chi connectivity index (χ4v) is 2.53. The number of carbonyl (C=O) groups excluding carboxylic acids is 1. The highest BCUT2D eigenvalue weighted by atomic mass is 16.5. The molecule has 20 heavy (non-hydrogen) atoms. The quantitative estimate of drug-likeness (QED) is 0.785. The van der Waals surface area contributed by atoms with E-state index < -0.39 is 0 Å². The Morgan fingerprint density at radius 3 is 3.00 bits per heavy atom. The fourth-order valence-electron chi connectivity index (χ4n) is 2.53. The molecule has 0 aromatic carbocycles. The van der Waals surface area contributed by atoms with Crippen LogP contribution in [0.3, 0.4) is 0 Å². The molecule has 1 aromatic heterocycles. The first-order valence-electron chi connectivity index (χ1n) is 7.45. The van der Waals surface area contributed by atoms with Crippen LogP contribution in [0.2, 0.25) is 0 Å². The molecule has 0 bridgehead atoms. The molecular weight excluding hydrogens is 258 g/mol. The number of hydrogen-bond donors (Lipinski definition) is 2. The van der Waals surface area contributed by atoms with E-state index in [1.54, 1.807) is 0 Å². The largest absolute Gasteiger partial charge is 0.393 e. The predicted molar refractivity (Wildman–Crippen MR) is 73.0 cm³/mol. The number of aryl methyl sites for hydroxylation is 2. The maximum atomic E-state index is 11.7. The Labute approximate surface area is 118 Å². The summed E-state index contributed by atoms with van der Waals surface area (Å²) in [5.74, 6) is 1.40. The van der Waals surface area contributed by atoms with Crippen molar-refractivity contribution in [2.75, 3.05) is 6.54 Å². The average molecular weight is 281 g/mol. The van der Waals surface area contributed by atoms with Crippen molar-refractivity contribution >= 4 is 5.91 Å². The second-order valence-electron chi connectivity index (χ2n) is 5.42. The third kappa shape index (κ3) is 4.30. The fraction of sp³-hybridized carbons (Fsp3) is 0.786. The summed E-state index contributed by atoms with van der Waals surface area (Å²) in [5, 5.41) is 16.4. The molecule has 2 atom stereocenters. The molecular formula is C14H23N3O3. The Bertz CT molecular complexity index is 433. The summed E-state index contributed by atoms with van der Waals surface area (Å²) >= 11 is 0. The number of aliphatic hydroxyl groups is 1. The van der Waals surface area contributed by atoms with Gasteiger partial charge in [-0.3, -0.25) is 4.79 Å². The van der Waals surface area contributed by atoms with Gasteiger partial charge in [-0.05, 0) is 19.3 Å². The Kier molecular flexibility index (Phi) is 5.52. The van der Waals surface area contributed by atoms with Crippen LogP contribution in [0, 0.1) is 5.92 Å². The molecule has 2 rings (SSSR count). The van der Waals surface area contributed by atoms with Crippen molar-refractivity contribution in [2.45, 2.75) is 58.0 Å². The molecule has 112 valence electrons. The van der Waals surface area contributed by atoms with Crippen LogP contribution in [0.4, 0.5) is 0 Å². The molecule has 2 unspecified atom stereocenters. The predicted octanol–water partition coefficient (Wildman–Crippen LogP) is 1.23. The first-order valence-corrected chi connectivity index (χ1v) is 7.45. The number of aliphatic hydroxyl groups excluding tert-OH is 1. The molecule has 1 aliphatic rings. The summed E-state index contributed by atoms with van der Waals surface area (Å²) in [6.07, 6.45) is 5.21. The van der Waals surface area contributed by atoms with Crippen LogP contribution >= 0.6 is 0 Å². The van der Waals surface area contributed by atoms with Gasteiger partial charge in [-0.15, -0.1) is 0 Å². The molecule has 1 heterocycles. The van der Waals surface area contributed by atoms with Gasteiger partial charge in [-0.1, -0.05) is 18.5 Å². The summed E-state index contributed by atoms with van der Waals surface area (Å²) in [7, 11) is 0. The minimum absolute atomic E-state index is 0.0284. The van der Waals surface area contributed by atoms with Crippen LogP contribution in [-0.2, 0) is 17.6 Å². The summed E-state index contributed by atoms with van der Waals surface area (Å²) in [4.78, 5) is 16.0. The van der Waals surface area contributed by atoms with Crippen LogP contribution in [0.5, 0.6) is 0 Å².